The van der Waals surface area contributed by atoms with Gasteiger partial charge < -0.3 is 4.90 Å². The van der Waals surface area contributed by atoms with Crippen LogP contribution in [0.25, 0.3) is 0 Å². The number of carbonyl (C=O) groups is 1. The van der Waals surface area contributed by atoms with Crippen molar-refractivity contribution >= 4 is 11.6 Å². The Hall–Kier alpha value is -1.38. The summed E-state index contributed by atoms with van der Waals surface area (Å²) in [5.74, 6) is -0.384. The summed E-state index contributed by atoms with van der Waals surface area (Å²) in [5.41, 5.74) is 1.40. The van der Waals surface area contributed by atoms with Crippen LogP contribution in [0.1, 0.15) is 92.6 Å². The maximum atomic E-state index is 14.2. The molecule has 0 saturated heterocycles. The molecular formula is C22H40FNO. The zero-order valence-corrected chi connectivity index (χ0v) is 17.8. The molecule has 0 spiro atoms. The van der Waals surface area contributed by atoms with Crippen molar-refractivity contribution in [1.82, 2.24) is 0 Å². The summed E-state index contributed by atoms with van der Waals surface area (Å²) in [6.07, 6.45) is 6.17. The number of anilines is 1. The first-order valence-electron chi connectivity index (χ1n) is 10.1. The predicted molar refractivity (Wildman–Crippen MR) is 110 cm³/mol. The molecule has 0 fully saturated rings. The average Bonchev–Trinajstić information content (AvgIpc) is 2.63. The number of hydrogen-bond donors (Lipinski definition) is 0. The van der Waals surface area contributed by atoms with Crippen LogP contribution in [0.4, 0.5) is 10.1 Å². The molecule has 25 heavy (non-hydrogen) atoms. The van der Waals surface area contributed by atoms with E-state index in [0.29, 0.717) is 5.69 Å². The maximum Gasteiger partial charge on any atom is 0.224 e. The zero-order valence-electron chi connectivity index (χ0n) is 17.8. The van der Waals surface area contributed by atoms with Gasteiger partial charge in [0.1, 0.15) is 5.82 Å². The van der Waals surface area contributed by atoms with Gasteiger partial charge in [-0.2, -0.15) is 0 Å². The molecule has 0 atom stereocenters. The lowest BCUT2D eigenvalue weighted by molar-refractivity contribution is -0.117. The van der Waals surface area contributed by atoms with Crippen LogP contribution in [0.15, 0.2) is 18.2 Å². The van der Waals surface area contributed by atoms with Crippen LogP contribution in [-0.2, 0) is 4.79 Å². The highest BCUT2D eigenvalue weighted by molar-refractivity contribution is 5.92. The Morgan fingerprint density at radius 2 is 1.52 bits per heavy atom. The number of nitrogens with zero attached hydrogens (tertiary/aromatic N) is 1. The van der Waals surface area contributed by atoms with E-state index < -0.39 is 0 Å². The van der Waals surface area contributed by atoms with Gasteiger partial charge in [0.2, 0.25) is 5.91 Å². The molecular weight excluding hydrogens is 313 g/mol. The smallest absolute Gasteiger partial charge is 0.224 e. The number of aryl methyl sites for hydroxylation is 1. The van der Waals surface area contributed by atoms with Gasteiger partial charge in [0, 0.05) is 13.0 Å². The highest BCUT2D eigenvalue weighted by Crippen LogP contribution is 2.27. The average molecular weight is 354 g/mol. The van der Waals surface area contributed by atoms with Crippen LogP contribution >= 0.6 is 0 Å². The van der Waals surface area contributed by atoms with E-state index in [4.69, 9.17) is 0 Å². The number of rotatable bonds is 8. The van der Waals surface area contributed by atoms with Gasteiger partial charge in [-0.3, -0.25) is 4.79 Å². The Morgan fingerprint density at radius 3 is 1.92 bits per heavy atom. The summed E-state index contributed by atoms with van der Waals surface area (Å²) >= 11 is 0. The number of hydrogen-bond acceptors (Lipinski definition) is 1. The van der Waals surface area contributed by atoms with Crippen molar-refractivity contribution in [2.24, 2.45) is 0 Å². The zero-order chi connectivity index (χ0) is 19.8. The number of benzene rings is 1. The first-order chi connectivity index (χ1) is 12.0. The van der Waals surface area contributed by atoms with Gasteiger partial charge in [-0.25, -0.2) is 4.39 Å². The van der Waals surface area contributed by atoms with Gasteiger partial charge in [0.05, 0.1) is 5.69 Å². The van der Waals surface area contributed by atoms with Crippen molar-refractivity contribution in [1.29, 1.82) is 0 Å². The Balaban J connectivity index is 0. The molecule has 0 unspecified atom stereocenters. The number of carbonyl (C=O) groups excluding carboxylic acids is 1. The summed E-state index contributed by atoms with van der Waals surface area (Å²) in [5, 5.41) is 0. The largest absolute Gasteiger partial charge is 0.307 e. The van der Waals surface area contributed by atoms with E-state index in [0.717, 1.165) is 44.1 Å². The molecule has 1 aromatic carbocycles. The SMILES string of the molecule is CC.CC.CCCCC(CCCC)N(C(C)=O)c1cc(C)ccc1F. The normalized spacial score (nSPS) is 9.68. The minimum absolute atomic E-state index is 0.0725. The van der Waals surface area contributed by atoms with Crippen molar-refractivity contribution in [2.75, 3.05) is 4.90 Å². The van der Waals surface area contributed by atoms with Crippen LogP contribution in [0.5, 0.6) is 0 Å². The highest BCUT2D eigenvalue weighted by atomic mass is 19.1. The highest BCUT2D eigenvalue weighted by Gasteiger charge is 2.24. The molecule has 0 aliphatic heterocycles. The quantitative estimate of drug-likeness (QED) is 0.480. The second kappa shape index (κ2) is 16.1. The van der Waals surface area contributed by atoms with Crippen molar-refractivity contribution in [3.05, 3.63) is 29.6 Å². The standard InChI is InChI=1S/C18H28FNO.2C2H6/c1-5-7-9-16(10-8-6-2)20(15(4)21)18-13-14(3)11-12-17(18)19;2*1-2/h11-13,16H,5-10H2,1-4H3;2*1-2H3. The van der Waals surface area contributed by atoms with Crippen molar-refractivity contribution in [2.45, 2.75) is 100.0 Å². The molecule has 146 valence electrons. The lowest BCUT2D eigenvalue weighted by Gasteiger charge is -2.32. The molecule has 1 aromatic rings. The fourth-order valence-corrected chi connectivity index (χ4v) is 2.71. The van der Waals surface area contributed by atoms with Crippen LogP contribution in [0, 0.1) is 12.7 Å². The molecule has 0 aliphatic rings. The number of unbranched alkanes of at least 4 members (excludes halogenated alkanes) is 2. The lowest BCUT2D eigenvalue weighted by Crippen LogP contribution is -2.39. The van der Waals surface area contributed by atoms with Crippen LogP contribution in [0.3, 0.4) is 0 Å². The summed E-state index contributed by atoms with van der Waals surface area (Å²) in [4.78, 5) is 13.8. The molecule has 0 bridgehead atoms. The molecule has 0 aliphatic carbocycles. The van der Waals surface area contributed by atoms with E-state index in [1.807, 2.05) is 34.6 Å². The Kier molecular flexibility index (Phi) is 16.7. The van der Waals surface area contributed by atoms with Gasteiger partial charge in [-0.05, 0) is 37.5 Å². The van der Waals surface area contributed by atoms with Gasteiger partial charge in [0.25, 0.3) is 0 Å². The topological polar surface area (TPSA) is 20.3 Å². The fraction of sp³-hybridized carbons (Fsp3) is 0.682. The van der Waals surface area contributed by atoms with E-state index in [2.05, 4.69) is 13.8 Å². The van der Waals surface area contributed by atoms with Crippen molar-refractivity contribution < 1.29 is 9.18 Å². The first-order valence-corrected chi connectivity index (χ1v) is 10.1. The van der Waals surface area contributed by atoms with Crippen LogP contribution in [0.2, 0.25) is 0 Å². The Morgan fingerprint density at radius 1 is 1.04 bits per heavy atom. The Bertz CT molecular complexity index is 451. The lowest BCUT2D eigenvalue weighted by atomic mass is 10.0. The molecule has 0 saturated carbocycles. The maximum absolute atomic E-state index is 14.2. The van der Waals surface area contributed by atoms with E-state index in [1.165, 1.54) is 13.0 Å². The molecule has 0 aromatic heterocycles. The molecule has 1 amide bonds. The third-order valence-corrected chi connectivity index (χ3v) is 3.85. The summed E-state index contributed by atoms with van der Waals surface area (Å²) < 4.78 is 14.2. The van der Waals surface area contributed by atoms with E-state index >= 15 is 0 Å². The van der Waals surface area contributed by atoms with Crippen molar-refractivity contribution in [3.8, 4) is 0 Å². The summed E-state index contributed by atoms with van der Waals surface area (Å²) in [6, 6.07) is 5.07. The van der Waals surface area contributed by atoms with Gasteiger partial charge in [0.15, 0.2) is 0 Å². The second-order valence-electron chi connectivity index (χ2n) is 5.78. The number of halogens is 1. The van der Waals surface area contributed by atoms with E-state index in [9.17, 15) is 9.18 Å². The molecule has 0 radical (unpaired) electrons. The van der Waals surface area contributed by atoms with Gasteiger partial charge >= 0.3 is 0 Å². The minimum atomic E-state index is -0.311. The Labute approximate surface area is 155 Å². The van der Waals surface area contributed by atoms with E-state index in [-0.39, 0.29) is 17.8 Å². The monoisotopic (exact) mass is 353 g/mol. The molecule has 2 nitrogen and oxygen atoms in total. The van der Waals surface area contributed by atoms with E-state index in [1.54, 1.807) is 17.0 Å². The first kappa shape index (κ1) is 25.9. The van der Waals surface area contributed by atoms with Crippen LogP contribution in [-0.4, -0.2) is 11.9 Å². The number of amides is 1. The van der Waals surface area contributed by atoms with Gasteiger partial charge in [-0.15, -0.1) is 0 Å². The molecule has 1 rings (SSSR count). The molecule has 3 heteroatoms. The predicted octanol–water partition coefficient (Wildman–Crippen LogP) is 7.29. The molecule has 0 N–H and O–H groups in total. The fourth-order valence-electron chi connectivity index (χ4n) is 2.71. The van der Waals surface area contributed by atoms with Gasteiger partial charge in [-0.1, -0.05) is 73.3 Å². The summed E-state index contributed by atoms with van der Waals surface area (Å²) in [7, 11) is 0. The third-order valence-electron chi connectivity index (χ3n) is 3.85. The van der Waals surface area contributed by atoms with Crippen LogP contribution < -0.4 is 4.90 Å². The second-order valence-corrected chi connectivity index (χ2v) is 5.78. The van der Waals surface area contributed by atoms with Crippen molar-refractivity contribution in [3.63, 3.8) is 0 Å². The summed E-state index contributed by atoms with van der Waals surface area (Å²) in [6.45, 7) is 15.7. The molecule has 0 heterocycles. The third kappa shape index (κ3) is 9.62. The minimum Gasteiger partial charge on any atom is -0.307 e.